The zero-order chi connectivity index (χ0) is 22.1. The second kappa shape index (κ2) is 15.8. The summed E-state index contributed by atoms with van der Waals surface area (Å²) in [7, 11) is 0. The van der Waals surface area contributed by atoms with E-state index >= 15 is 0 Å². The Kier molecular flexibility index (Phi) is 14.0. The highest BCUT2D eigenvalue weighted by atomic mass is 16.5. The highest BCUT2D eigenvalue weighted by Gasteiger charge is 2.11. The third kappa shape index (κ3) is 13.6. The first-order valence-electron chi connectivity index (χ1n) is 8.91. The van der Waals surface area contributed by atoms with Crippen LogP contribution in [0.3, 0.4) is 0 Å². The normalized spacial score (nSPS) is 11.4. The molecule has 0 spiro atoms. The molecule has 8 nitrogen and oxygen atoms in total. The third-order valence-electron chi connectivity index (χ3n) is 3.47. The van der Waals surface area contributed by atoms with Gasteiger partial charge in [0.2, 0.25) is 0 Å². The van der Waals surface area contributed by atoms with Crippen LogP contribution in [0, 0.1) is 0 Å². The first kappa shape index (κ1) is 25.8. The van der Waals surface area contributed by atoms with Crippen LogP contribution in [0.1, 0.15) is 18.1 Å². The topological polar surface area (TPSA) is 153 Å². The van der Waals surface area contributed by atoms with Crippen molar-refractivity contribution in [3.63, 3.8) is 0 Å². The summed E-state index contributed by atoms with van der Waals surface area (Å²) in [6, 6.07) is 17.1. The molecule has 2 unspecified atom stereocenters. The molecule has 0 aliphatic rings. The lowest BCUT2D eigenvalue weighted by Crippen LogP contribution is -2.32. The fourth-order valence-corrected chi connectivity index (χ4v) is 1.98. The van der Waals surface area contributed by atoms with Gasteiger partial charge in [0.15, 0.2) is 0 Å². The summed E-state index contributed by atoms with van der Waals surface area (Å²) in [4.78, 5) is 29.9. The van der Waals surface area contributed by atoms with Crippen LogP contribution in [-0.4, -0.2) is 47.3 Å². The lowest BCUT2D eigenvalue weighted by atomic mass is 10.1. The fraction of sp³-hybridized carbons (Fsp3) is 0.286. The second-order valence-corrected chi connectivity index (χ2v) is 5.82. The first-order chi connectivity index (χ1) is 13.8. The van der Waals surface area contributed by atoms with E-state index in [1.807, 2.05) is 60.7 Å². The van der Waals surface area contributed by atoms with Gasteiger partial charge in [-0.2, -0.15) is 0 Å². The third-order valence-corrected chi connectivity index (χ3v) is 3.47. The number of hydrogen-bond donors (Lipinski definition) is 4. The van der Waals surface area contributed by atoms with Crippen molar-refractivity contribution in [2.24, 2.45) is 11.5 Å². The quantitative estimate of drug-likeness (QED) is 0.482. The number of aliphatic carboxylic acids is 2. The molecule has 2 atom stereocenters. The van der Waals surface area contributed by atoms with Gasteiger partial charge in [0.05, 0.1) is 6.61 Å². The number of nitrogens with two attached hydrogens (primary N) is 2. The number of carboxylic acids is 2. The Labute approximate surface area is 170 Å². The zero-order valence-electron chi connectivity index (χ0n) is 16.3. The molecular weight excluding hydrogens is 376 g/mol. The minimum absolute atomic E-state index is 0.385. The number of ether oxygens (including phenoxy) is 1. The summed E-state index contributed by atoms with van der Waals surface area (Å²) in [5, 5.41) is 17.0. The second-order valence-electron chi connectivity index (χ2n) is 5.82. The molecule has 0 bridgehead atoms. The van der Waals surface area contributed by atoms with E-state index in [0.717, 1.165) is 11.1 Å². The molecule has 0 aromatic heterocycles. The molecule has 6 N–H and O–H groups in total. The van der Waals surface area contributed by atoms with Gasteiger partial charge in [0, 0.05) is 0 Å². The predicted molar refractivity (Wildman–Crippen MR) is 109 cm³/mol. The summed E-state index contributed by atoms with van der Waals surface area (Å²) in [6.07, 6.45) is 0.770. The van der Waals surface area contributed by atoms with E-state index in [2.05, 4.69) is 4.74 Å². The zero-order valence-corrected chi connectivity index (χ0v) is 16.3. The Bertz CT molecular complexity index is 652. The molecule has 0 heterocycles. The van der Waals surface area contributed by atoms with Crippen LogP contribution in [0.25, 0.3) is 0 Å². The Morgan fingerprint density at radius 1 is 0.862 bits per heavy atom. The van der Waals surface area contributed by atoms with Gasteiger partial charge in [-0.25, -0.2) is 0 Å². The van der Waals surface area contributed by atoms with E-state index in [1.165, 1.54) is 0 Å². The number of carbonyl (C=O) groups is 3. The van der Waals surface area contributed by atoms with Gasteiger partial charge in [-0.3, -0.25) is 14.4 Å². The van der Waals surface area contributed by atoms with Crippen molar-refractivity contribution in [3.8, 4) is 0 Å². The molecular formula is C21H28N2O6. The molecule has 158 valence electrons. The highest BCUT2D eigenvalue weighted by Crippen LogP contribution is 2.02. The number of carboxylic acid groups (broad SMARTS) is 2. The maximum absolute atomic E-state index is 10.4. The maximum Gasteiger partial charge on any atom is 0.320 e. The number of hydrogen-bond acceptors (Lipinski definition) is 6. The first-order valence-corrected chi connectivity index (χ1v) is 8.91. The largest absolute Gasteiger partial charge is 0.480 e. The molecule has 0 aliphatic carbocycles. The van der Waals surface area contributed by atoms with Crippen molar-refractivity contribution in [2.75, 3.05) is 6.61 Å². The van der Waals surface area contributed by atoms with E-state index in [1.54, 1.807) is 6.92 Å². The summed E-state index contributed by atoms with van der Waals surface area (Å²) in [6.45, 7) is 2.66. The van der Waals surface area contributed by atoms with Gasteiger partial charge in [0.1, 0.15) is 12.1 Å². The molecule has 29 heavy (non-hydrogen) atoms. The van der Waals surface area contributed by atoms with E-state index in [-0.39, 0.29) is 0 Å². The summed E-state index contributed by atoms with van der Waals surface area (Å²) < 4.78 is 4.15. The van der Waals surface area contributed by atoms with Crippen LogP contribution in [0.15, 0.2) is 60.7 Å². The standard InChI is InChI=1S/2C9H11NO2.C3H6O2/c2*10-8(9(11)12)6-7-4-2-1-3-5-7;1-2-5-3-4/h2*1-5,8H,6,10H2,(H,11,12);3H,2H2,1H3. The van der Waals surface area contributed by atoms with Crippen molar-refractivity contribution >= 4 is 18.4 Å². The molecule has 0 amide bonds. The minimum Gasteiger partial charge on any atom is -0.480 e. The Morgan fingerprint density at radius 3 is 1.41 bits per heavy atom. The van der Waals surface area contributed by atoms with Crippen LogP contribution in [0.4, 0.5) is 0 Å². The van der Waals surface area contributed by atoms with Crippen LogP contribution in [0.2, 0.25) is 0 Å². The summed E-state index contributed by atoms with van der Waals surface area (Å²) in [5.41, 5.74) is 12.6. The number of rotatable bonds is 8. The molecule has 0 saturated carbocycles. The smallest absolute Gasteiger partial charge is 0.320 e. The van der Waals surface area contributed by atoms with E-state index in [9.17, 15) is 14.4 Å². The van der Waals surface area contributed by atoms with Crippen molar-refractivity contribution in [1.82, 2.24) is 0 Å². The Morgan fingerprint density at radius 2 is 1.21 bits per heavy atom. The van der Waals surface area contributed by atoms with Gasteiger partial charge < -0.3 is 26.4 Å². The number of carbonyl (C=O) groups excluding carboxylic acids is 1. The Hall–Kier alpha value is -3.23. The monoisotopic (exact) mass is 404 g/mol. The van der Waals surface area contributed by atoms with E-state index < -0.39 is 24.0 Å². The molecule has 8 heteroatoms. The maximum atomic E-state index is 10.4. The van der Waals surface area contributed by atoms with Crippen LogP contribution in [-0.2, 0) is 32.0 Å². The van der Waals surface area contributed by atoms with Crippen LogP contribution < -0.4 is 11.5 Å². The highest BCUT2D eigenvalue weighted by molar-refractivity contribution is 5.73. The van der Waals surface area contributed by atoms with Gasteiger partial charge >= 0.3 is 11.9 Å². The van der Waals surface area contributed by atoms with Gasteiger partial charge in [-0.15, -0.1) is 0 Å². The Balaban J connectivity index is 0.000000442. The van der Waals surface area contributed by atoms with Crippen molar-refractivity contribution in [2.45, 2.75) is 31.8 Å². The fourth-order valence-electron chi connectivity index (χ4n) is 1.98. The molecule has 0 fully saturated rings. The van der Waals surface area contributed by atoms with Crippen LogP contribution in [0.5, 0.6) is 0 Å². The SMILES string of the molecule is CCOC=O.NC(Cc1ccccc1)C(=O)O.NC(Cc1ccccc1)C(=O)O. The number of benzene rings is 2. The molecule has 2 aromatic carbocycles. The van der Waals surface area contributed by atoms with Gasteiger partial charge in [-0.05, 0) is 30.9 Å². The lowest BCUT2D eigenvalue weighted by molar-refractivity contribution is -0.139. The van der Waals surface area contributed by atoms with Crippen molar-refractivity contribution in [1.29, 1.82) is 0 Å². The lowest BCUT2D eigenvalue weighted by Gasteiger charge is -2.04. The molecule has 2 rings (SSSR count). The van der Waals surface area contributed by atoms with Gasteiger partial charge in [-0.1, -0.05) is 60.7 Å². The molecule has 0 radical (unpaired) electrons. The summed E-state index contributed by atoms with van der Waals surface area (Å²) >= 11 is 0. The van der Waals surface area contributed by atoms with E-state index in [4.69, 9.17) is 21.7 Å². The molecule has 0 aliphatic heterocycles. The molecule has 2 aromatic rings. The molecule has 0 saturated heterocycles. The predicted octanol–water partition coefficient (Wildman–Crippen LogP) is 1.46. The van der Waals surface area contributed by atoms with Gasteiger partial charge in [0.25, 0.3) is 6.47 Å². The summed E-state index contributed by atoms with van der Waals surface area (Å²) in [5.74, 6) is -1.92. The van der Waals surface area contributed by atoms with E-state index in [0.29, 0.717) is 25.9 Å². The average Bonchev–Trinajstić information content (AvgIpc) is 2.71. The average molecular weight is 404 g/mol. The minimum atomic E-state index is -0.959. The van der Waals surface area contributed by atoms with Crippen LogP contribution >= 0.6 is 0 Å². The van der Waals surface area contributed by atoms with Crippen molar-refractivity contribution in [3.05, 3.63) is 71.8 Å². The van der Waals surface area contributed by atoms with Crippen molar-refractivity contribution < 1.29 is 29.3 Å².